The fraction of sp³-hybridized carbons (Fsp3) is 0.370. The van der Waals surface area contributed by atoms with E-state index in [2.05, 4.69) is 0 Å². The van der Waals surface area contributed by atoms with E-state index in [1.807, 2.05) is 0 Å². The first-order valence-electron chi connectivity index (χ1n) is 12.3. The Morgan fingerprint density at radius 3 is 2.51 bits per heavy atom. The Kier molecular flexibility index (Phi) is 7.69. The minimum absolute atomic E-state index is 0.0136. The summed E-state index contributed by atoms with van der Waals surface area (Å²) in [5.74, 6) is 0.0891. The first-order valence-corrected chi connectivity index (χ1v) is 13.8. The van der Waals surface area contributed by atoms with Crippen LogP contribution in [0.25, 0.3) is 11.3 Å². The second kappa shape index (κ2) is 10.7. The number of rotatable bonds is 9. The van der Waals surface area contributed by atoms with Crippen molar-refractivity contribution in [3.05, 3.63) is 76.2 Å². The van der Waals surface area contributed by atoms with Crippen LogP contribution in [0.5, 0.6) is 5.75 Å². The first-order chi connectivity index (χ1) is 18.2. The molecule has 1 amide bonds. The zero-order chi connectivity index (χ0) is 28.5. The Hall–Kier alpha value is -3.93. The van der Waals surface area contributed by atoms with E-state index < -0.39 is 38.1 Å². The first kappa shape index (κ1) is 28.1. The molecule has 3 aromatic rings. The van der Waals surface area contributed by atoms with Gasteiger partial charge in [0, 0.05) is 37.0 Å². The lowest BCUT2D eigenvalue weighted by atomic mass is 10.1. The number of ether oxygens (including phenoxy) is 2. The van der Waals surface area contributed by atoms with Gasteiger partial charge in [0.25, 0.3) is 15.7 Å². The Balaban J connectivity index is 1.75. The van der Waals surface area contributed by atoms with Gasteiger partial charge >= 0.3 is 6.09 Å². The molecule has 1 aliphatic carbocycles. The molecular formula is C27H30FN3O7S. The Morgan fingerprint density at radius 1 is 1.18 bits per heavy atom. The van der Waals surface area contributed by atoms with Crippen molar-refractivity contribution in [3.63, 3.8) is 0 Å². The summed E-state index contributed by atoms with van der Waals surface area (Å²) in [5, 5.41) is 11.3. The number of nitro groups is 1. The summed E-state index contributed by atoms with van der Waals surface area (Å²) >= 11 is 0. The molecule has 0 spiro atoms. The molecule has 2 aromatic carbocycles. The molecular weight excluding hydrogens is 529 g/mol. The number of amides is 1. The lowest BCUT2D eigenvalue weighted by molar-refractivity contribution is -0.385. The Bertz CT molecular complexity index is 1510. The van der Waals surface area contributed by atoms with Crippen LogP contribution in [-0.2, 0) is 21.3 Å². The van der Waals surface area contributed by atoms with Gasteiger partial charge in [-0.3, -0.25) is 10.1 Å². The standard InChI is InChI=1S/C27H30FN3O7S/c1-27(2,3)38-26(32)29(4)15-19-12-25(23-11-10-21(14-24(23)28)37-17-18-8-9-18)30(16-19)39(35,36)22-7-5-6-20(13-22)31(33)34/h5-7,10-14,16,18H,8-9,15,17H2,1-4H3. The summed E-state index contributed by atoms with van der Waals surface area (Å²) in [4.78, 5) is 24.0. The molecule has 0 N–H and O–H groups in total. The summed E-state index contributed by atoms with van der Waals surface area (Å²) in [6, 6.07) is 10.2. The summed E-state index contributed by atoms with van der Waals surface area (Å²) in [6.07, 6.45) is 2.79. The molecule has 1 aliphatic rings. The summed E-state index contributed by atoms with van der Waals surface area (Å²) in [7, 11) is -2.91. The van der Waals surface area contributed by atoms with Gasteiger partial charge < -0.3 is 14.4 Å². The minimum Gasteiger partial charge on any atom is -0.493 e. The van der Waals surface area contributed by atoms with Crippen LogP contribution in [0.1, 0.15) is 39.2 Å². The largest absolute Gasteiger partial charge is 0.493 e. The average molecular weight is 560 g/mol. The predicted octanol–water partition coefficient (Wildman–Crippen LogP) is 5.60. The van der Waals surface area contributed by atoms with Crippen LogP contribution < -0.4 is 4.74 Å². The third kappa shape index (κ3) is 6.75. The second-order valence-electron chi connectivity index (χ2n) is 10.5. The Morgan fingerprint density at radius 2 is 1.90 bits per heavy atom. The molecule has 1 saturated carbocycles. The topological polar surface area (TPSA) is 121 Å². The number of hydrogen-bond donors (Lipinski definition) is 0. The van der Waals surface area contributed by atoms with Gasteiger partial charge in [-0.1, -0.05) is 6.07 Å². The van der Waals surface area contributed by atoms with Gasteiger partial charge in [-0.2, -0.15) is 0 Å². The van der Waals surface area contributed by atoms with Crippen LogP contribution in [0, 0.1) is 21.8 Å². The zero-order valence-corrected chi connectivity index (χ0v) is 22.9. The third-order valence-corrected chi connectivity index (χ3v) is 7.62. The fourth-order valence-electron chi connectivity index (χ4n) is 3.82. The number of hydrogen-bond acceptors (Lipinski definition) is 7. The predicted molar refractivity (Wildman–Crippen MR) is 141 cm³/mol. The van der Waals surface area contributed by atoms with Gasteiger partial charge in [0.1, 0.15) is 17.2 Å². The van der Waals surface area contributed by atoms with Gasteiger partial charge in [0.05, 0.1) is 28.7 Å². The third-order valence-electron chi connectivity index (χ3n) is 5.95. The van der Waals surface area contributed by atoms with Crippen molar-refractivity contribution >= 4 is 21.8 Å². The van der Waals surface area contributed by atoms with Gasteiger partial charge in [-0.25, -0.2) is 21.6 Å². The highest BCUT2D eigenvalue weighted by atomic mass is 32.2. The van der Waals surface area contributed by atoms with Crippen molar-refractivity contribution < 1.29 is 32.0 Å². The van der Waals surface area contributed by atoms with Crippen molar-refractivity contribution in [2.75, 3.05) is 13.7 Å². The summed E-state index contributed by atoms with van der Waals surface area (Å²) in [6.45, 7) is 5.61. The molecule has 0 saturated heterocycles. The number of carbonyl (C=O) groups excluding carboxylic acids is 1. The van der Waals surface area contributed by atoms with Gasteiger partial charge in [-0.05, 0) is 69.4 Å². The van der Waals surface area contributed by atoms with Crippen LogP contribution in [0.15, 0.2) is 59.6 Å². The molecule has 1 fully saturated rings. The SMILES string of the molecule is CN(Cc1cc(-c2ccc(OCC3CC3)cc2F)n(S(=O)(=O)c2cccc([N+](=O)[O-])c2)c1)C(=O)OC(C)(C)C. The highest BCUT2D eigenvalue weighted by Gasteiger charge is 2.27. The van der Waals surface area contributed by atoms with E-state index in [1.165, 1.54) is 54.5 Å². The van der Waals surface area contributed by atoms with E-state index in [9.17, 15) is 23.3 Å². The maximum Gasteiger partial charge on any atom is 0.410 e. The molecule has 12 heteroatoms. The van der Waals surface area contributed by atoms with Crippen LogP contribution in [0.4, 0.5) is 14.9 Å². The van der Waals surface area contributed by atoms with Gasteiger partial charge in [-0.15, -0.1) is 0 Å². The van der Waals surface area contributed by atoms with Crippen LogP contribution in [0.3, 0.4) is 0 Å². The highest BCUT2D eigenvalue weighted by Crippen LogP contribution is 2.33. The van der Waals surface area contributed by atoms with Crippen molar-refractivity contribution in [2.24, 2.45) is 5.92 Å². The molecule has 0 unspecified atom stereocenters. The van der Waals surface area contributed by atoms with E-state index in [1.54, 1.807) is 26.8 Å². The average Bonchev–Trinajstić information content (AvgIpc) is 3.59. The molecule has 0 atom stereocenters. The number of aromatic nitrogens is 1. The lowest BCUT2D eigenvalue weighted by Crippen LogP contribution is -2.33. The summed E-state index contributed by atoms with van der Waals surface area (Å²) in [5.41, 5.74) is -0.798. The monoisotopic (exact) mass is 559 g/mol. The number of benzene rings is 2. The lowest BCUT2D eigenvalue weighted by Gasteiger charge is -2.24. The van der Waals surface area contributed by atoms with Crippen molar-refractivity contribution in [1.29, 1.82) is 0 Å². The smallest absolute Gasteiger partial charge is 0.410 e. The fourth-order valence-corrected chi connectivity index (χ4v) is 5.25. The Labute approximate surface area is 226 Å². The molecule has 208 valence electrons. The van der Waals surface area contributed by atoms with Crippen LogP contribution in [-0.4, -0.2) is 47.6 Å². The number of nitrogens with zero attached hydrogens (tertiary/aromatic N) is 3. The second-order valence-corrected chi connectivity index (χ2v) is 12.3. The molecule has 1 heterocycles. The summed E-state index contributed by atoms with van der Waals surface area (Å²) < 4.78 is 54.6. The van der Waals surface area contributed by atoms with Crippen LogP contribution >= 0.6 is 0 Å². The van der Waals surface area contributed by atoms with E-state index >= 15 is 4.39 Å². The molecule has 10 nitrogen and oxygen atoms in total. The minimum atomic E-state index is -4.40. The molecule has 1 aromatic heterocycles. The zero-order valence-electron chi connectivity index (χ0n) is 22.1. The van der Waals surface area contributed by atoms with Crippen molar-refractivity contribution in [2.45, 2.75) is 50.7 Å². The van der Waals surface area contributed by atoms with E-state index in [0.29, 0.717) is 23.8 Å². The molecule has 0 radical (unpaired) electrons. The van der Waals surface area contributed by atoms with E-state index in [-0.39, 0.29) is 22.7 Å². The molecule has 0 aliphatic heterocycles. The number of halogens is 1. The van der Waals surface area contributed by atoms with E-state index in [0.717, 1.165) is 22.9 Å². The van der Waals surface area contributed by atoms with Crippen molar-refractivity contribution in [1.82, 2.24) is 8.87 Å². The molecule has 0 bridgehead atoms. The van der Waals surface area contributed by atoms with Crippen molar-refractivity contribution in [3.8, 4) is 17.0 Å². The number of nitro benzene ring substituents is 1. The van der Waals surface area contributed by atoms with Crippen LogP contribution in [0.2, 0.25) is 0 Å². The molecule has 39 heavy (non-hydrogen) atoms. The molecule has 4 rings (SSSR count). The highest BCUT2D eigenvalue weighted by molar-refractivity contribution is 7.90. The normalized spacial score (nSPS) is 13.7. The maximum atomic E-state index is 15.3. The maximum absolute atomic E-state index is 15.3. The quantitative estimate of drug-likeness (QED) is 0.247. The van der Waals surface area contributed by atoms with E-state index in [4.69, 9.17) is 9.47 Å². The van der Waals surface area contributed by atoms with Gasteiger partial charge in [0.2, 0.25) is 0 Å². The number of non-ortho nitro benzene ring substituents is 1. The van der Waals surface area contributed by atoms with Gasteiger partial charge in [0.15, 0.2) is 0 Å². The number of carbonyl (C=O) groups is 1.